The Labute approximate surface area is 150 Å². The zero-order chi connectivity index (χ0) is 17.5. The summed E-state index contributed by atoms with van der Waals surface area (Å²) in [5.74, 6) is 1.37. The van der Waals surface area contributed by atoms with Gasteiger partial charge in [-0.3, -0.25) is 0 Å². The predicted octanol–water partition coefficient (Wildman–Crippen LogP) is 3.76. The second kappa shape index (κ2) is 8.65. The van der Waals surface area contributed by atoms with Crippen molar-refractivity contribution in [2.24, 2.45) is 5.92 Å². The summed E-state index contributed by atoms with van der Waals surface area (Å²) in [4.78, 5) is 16.3. The topological polar surface area (TPSA) is 63.2 Å². The van der Waals surface area contributed by atoms with E-state index in [9.17, 15) is 4.79 Å². The van der Waals surface area contributed by atoms with Gasteiger partial charge in [0.15, 0.2) is 0 Å². The molecule has 0 radical (unpaired) electrons. The van der Waals surface area contributed by atoms with E-state index in [1.165, 1.54) is 51.4 Å². The standard InChI is InChI=1S/C20H31N3O2/c1-2-25-19(24)17-9-10-18(22-14-17)23-20(11-6-12-21-15-20)13-16-7-4-3-5-8-16/h9-10,14,16,21H,2-8,11-13,15H2,1H3,(H,22,23)/t20-/m1/s1. The first-order chi connectivity index (χ1) is 12.2. The first kappa shape index (κ1) is 18.2. The molecule has 2 fully saturated rings. The third kappa shape index (κ3) is 4.94. The van der Waals surface area contributed by atoms with E-state index < -0.39 is 0 Å². The maximum absolute atomic E-state index is 11.8. The molecule has 0 amide bonds. The van der Waals surface area contributed by atoms with Crippen LogP contribution in [-0.2, 0) is 4.74 Å². The highest BCUT2D eigenvalue weighted by Crippen LogP contribution is 2.35. The van der Waals surface area contributed by atoms with Gasteiger partial charge in [0.25, 0.3) is 0 Å². The molecule has 5 heteroatoms. The summed E-state index contributed by atoms with van der Waals surface area (Å²) < 4.78 is 5.03. The molecular weight excluding hydrogens is 314 g/mol. The van der Waals surface area contributed by atoms with Gasteiger partial charge in [0, 0.05) is 12.7 Å². The number of carbonyl (C=O) groups excluding carboxylic acids is 1. The van der Waals surface area contributed by atoms with Crippen molar-refractivity contribution in [1.82, 2.24) is 10.3 Å². The number of rotatable bonds is 6. The monoisotopic (exact) mass is 345 g/mol. The summed E-state index contributed by atoms with van der Waals surface area (Å²) in [6.07, 6.45) is 12.1. The van der Waals surface area contributed by atoms with Gasteiger partial charge in [0.1, 0.15) is 5.82 Å². The third-order valence-electron chi connectivity index (χ3n) is 5.54. The van der Waals surface area contributed by atoms with Crippen LogP contribution >= 0.6 is 0 Å². The van der Waals surface area contributed by atoms with Gasteiger partial charge in [-0.15, -0.1) is 0 Å². The molecule has 0 bridgehead atoms. The molecule has 1 aliphatic heterocycles. The van der Waals surface area contributed by atoms with Gasteiger partial charge in [-0.25, -0.2) is 9.78 Å². The van der Waals surface area contributed by atoms with Crippen LogP contribution in [0.15, 0.2) is 18.3 Å². The Bertz CT molecular complexity index is 547. The summed E-state index contributed by atoms with van der Waals surface area (Å²) in [6.45, 7) is 4.29. The van der Waals surface area contributed by atoms with Crippen molar-refractivity contribution in [3.63, 3.8) is 0 Å². The Morgan fingerprint density at radius 2 is 2.16 bits per heavy atom. The van der Waals surface area contributed by atoms with Crippen molar-refractivity contribution < 1.29 is 9.53 Å². The number of hydrogen-bond donors (Lipinski definition) is 2. The molecular formula is C20H31N3O2. The van der Waals surface area contributed by atoms with E-state index in [1.54, 1.807) is 12.3 Å². The highest BCUT2D eigenvalue weighted by Gasteiger charge is 2.35. The van der Waals surface area contributed by atoms with Gasteiger partial charge in [-0.2, -0.15) is 0 Å². The molecule has 25 heavy (non-hydrogen) atoms. The highest BCUT2D eigenvalue weighted by molar-refractivity contribution is 5.89. The Kier molecular flexibility index (Phi) is 6.29. The lowest BCUT2D eigenvalue weighted by molar-refractivity contribution is 0.0526. The summed E-state index contributed by atoms with van der Waals surface area (Å²) >= 11 is 0. The summed E-state index contributed by atoms with van der Waals surface area (Å²) in [5, 5.41) is 7.28. The fraction of sp³-hybridized carbons (Fsp3) is 0.700. The molecule has 1 saturated carbocycles. The zero-order valence-corrected chi connectivity index (χ0v) is 15.4. The Hall–Kier alpha value is -1.62. The molecule has 5 nitrogen and oxygen atoms in total. The smallest absolute Gasteiger partial charge is 0.339 e. The van der Waals surface area contributed by atoms with Crippen molar-refractivity contribution in [1.29, 1.82) is 0 Å². The van der Waals surface area contributed by atoms with E-state index in [2.05, 4.69) is 15.6 Å². The number of hydrogen-bond acceptors (Lipinski definition) is 5. The highest BCUT2D eigenvalue weighted by atomic mass is 16.5. The van der Waals surface area contributed by atoms with Crippen LogP contribution in [-0.4, -0.2) is 36.2 Å². The van der Waals surface area contributed by atoms with Gasteiger partial charge in [0.05, 0.1) is 17.7 Å². The van der Waals surface area contributed by atoms with E-state index in [4.69, 9.17) is 4.74 Å². The molecule has 138 valence electrons. The number of esters is 1. The van der Waals surface area contributed by atoms with Crippen molar-refractivity contribution >= 4 is 11.8 Å². The van der Waals surface area contributed by atoms with E-state index >= 15 is 0 Å². The number of carbonyl (C=O) groups is 1. The number of nitrogens with zero attached hydrogens (tertiary/aromatic N) is 1. The van der Waals surface area contributed by atoms with Crippen molar-refractivity contribution in [2.75, 3.05) is 25.0 Å². The van der Waals surface area contributed by atoms with Crippen LogP contribution in [0.4, 0.5) is 5.82 Å². The largest absolute Gasteiger partial charge is 0.462 e. The molecule has 0 spiro atoms. The van der Waals surface area contributed by atoms with E-state index in [-0.39, 0.29) is 11.5 Å². The van der Waals surface area contributed by atoms with E-state index in [0.29, 0.717) is 12.2 Å². The summed E-state index contributed by atoms with van der Waals surface area (Å²) in [7, 11) is 0. The Balaban J connectivity index is 1.68. The van der Waals surface area contributed by atoms with Gasteiger partial charge in [0.2, 0.25) is 0 Å². The number of aromatic nitrogens is 1. The van der Waals surface area contributed by atoms with Crippen LogP contribution in [0.1, 0.15) is 68.6 Å². The van der Waals surface area contributed by atoms with E-state index in [1.807, 2.05) is 13.0 Å². The lowest BCUT2D eigenvalue weighted by Crippen LogP contribution is -2.52. The molecule has 1 aromatic rings. The molecule has 2 aliphatic rings. The maximum atomic E-state index is 11.8. The Morgan fingerprint density at radius 1 is 1.32 bits per heavy atom. The lowest BCUT2D eigenvalue weighted by atomic mass is 9.76. The molecule has 0 aromatic carbocycles. The number of pyridine rings is 1. The maximum Gasteiger partial charge on any atom is 0.339 e. The molecule has 2 heterocycles. The van der Waals surface area contributed by atoms with Crippen LogP contribution in [0.2, 0.25) is 0 Å². The number of piperidine rings is 1. The minimum absolute atomic E-state index is 0.0820. The molecule has 1 aromatic heterocycles. The molecule has 0 unspecified atom stereocenters. The van der Waals surface area contributed by atoms with Crippen LogP contribution < -0.4 is 10.6 Å². The first-order valence-corrected chi connectivity index (χ1v) is 9.83. The minimum atomic E-state index is -0.308. The summed E-state index contributed by atoms with van der Waals surface area (Å²) in [5.41, 5.74) is 0.592. The number of ether oxygens (including phenoxy) is 1. The van der Waals surface area contributed by atoms with Crippen LogP contribution in [0.3, 0.4) is 0 Å². The van der Waals surface area contributed by atoms with E-state index in [0.717, 1.165) is 24.8 Å². The van der Waals surface area contributed by atoms with Crippen molar-refractivity contribution in [3.8, 4) is 0 Å². The van der Waals surface area contributed by atoms with Crippen molar-refractivity contribution in [2.45, 2.75) is 63.8 Å². The first-order valence-electron chi connectivity index (χ1n) is 9.83. The van der Waals surface area contributed by atoms with Crippen LogP contribution in [0, 0.1) is 5.92 Å². The SMILES string of the molecule is CCOC(=O)c1ccc(N[C@@]2(CC3CCCCC3)CCCNC2)nc1. The molecule has 3 rings (SSSR count). The predicted molar refractivity (Wildman–Crippen MR) is 99.8 cm³/mol. The fourth-order valence-corrected chi connectivity index (χ4v) is 4.32. The third-order valence-corrected chi connectivity index (χ3v) is 5.54. The van der Waals surface area contributed by atoms with Gasteiger partial charge in [-0.1, -0.05) is 32.1 Å². The molecule has 1 atom stereocenters. The second-order valence-corrected chi connectivity index (χ2v) is 7.55. The number of nitrogens with one attached hydrogen (secondary N) is 2. The zero-order valence-electron chi connectivity index (χ0n) is 15.4. The van der Waals surface area contributed by atoms with Crippen molar-refractivity contribution in [3.05, 3.63) is 23.9 Å². The fourth-order valence-electron chi connectivity index (χ4n) is 4.32. The summed E-state index contributed by atoms with van der Waals surface area (Å²) in [6, 6.07) is 3.71. The van der Waals surface area contributed by atoms with Gasteiger partial charge >= 0.3 is 5.97 Å². The minimum Gasteiger partial charge on any atom is -0.462 e. The molecule has 2 N–H and O–H groups in total. The number of anilines is 1. The Morgan fingerprint density at radius 3 is 2.80 bits per heavy atom. The van der Waals surface area contributed by atoms with Crippen LogP contribution in [0.25, 0.3) is 0 Å². The average molecular weight is 345 g/mol. The second-order valence-electron chi connectivity index (χ2n) is 7.55. The normalized spacial score (nSPS) is 24.7. The van der Waals surface area contributed by atoms with Gasteiger partial charge < -0.3 is 15.4 Å². The average Bonchev–Trinajstić information content (AvgIpc) is 2.64. The van der Waals surface area contributed by atoms with Crippen LogP contribution in [0.5, 0.6) is 0 Å². The van der Waals surface area contributed by atoms with Gasteiger partial charge in [-0.05, 0) is 50.8 Å². The quantitative estimate of drug-likeness (QED) is 0.769. The molecule has 1 aliphatic carbocycles. The molecule has 1 saturated heterocycles. The lowest BCUT2D eigenvalue weighted by Gasteiger charge is -2.42.